The lowest BCUT2D eigenvalue weighted by molar-refractivity contribution is 0.367. The van der Waals surface area contributed by atoms with Gasteiger partial charge in [-0.25, -0.2) is 0 Å². The number of rotatable bonds is 6. The molecule has 0 bridgehead atoms. The molecule has 2 aliphatic heterocycles. The molecule has 0 N–H and O–H groups in total. The SMILES string of the molecule is C=C(c1ccc(N2SCCC2C(C)C)cc1SC)N1CCN(c2ccc(C)cc2C)CC1. The van der Waals surface area contributed by atoms with Crippen molar-refractivity contribution in [1.29, 1.82) is 0 Å². The molecule has 0 aliphatic carbocycles. The highest BCUT2D eigenvalue weighted by molar-refractivity contribution is 8.01. The number of hydrogen-bond donors (Lipinski definition) is 0. The zero-order chi connectivity index (χ0) is 22.8. The van der Waals surface area contributed by atoms with Gasteiger partial charge >= 0.3 is 0 Å². The molecule has 0 aromatic heterocycles. The van der Waals surface area contributed by atoms with Crippen molar-refractivity contribution in [2.75, 3.05) is 47.4 Å². The van der Waals surface area contributed by atoms with Crippen LogP contribution in [0.15, 0.2) is 47.9 Å². The average Bonchev–Trinajstić information content (AvgIpc) is 3.29. The van der Waals surface area contributed by atoms with Gasteiger partial charge in [-0.1, -0.05) is 38.1 Å². The Morgan fingerprint density at radius 1 is 1.06 bits per heavy atom. The molecule has 2 aromatic carbocycles. The van der Waals surface area contributed by atoms with Gasteiger partial charge in [0.1, 0.15) is 0 Å². The van der Waals surface area contributed by atoms with E-state index in [1.807, 2.05) is 23.7 Å². The van der Waals surface area contributed by atoms with E-state index in [1.54, 1.807) is 0 Å². The predicted molar refractivity (Wildman–Crippen MR) is 145 cm³/mol. The Morgan fingerprint density at radius 3 is 2.47 bits per heavy atom. The fourth-order valence-electron chi connectivity index (χ4n) is 4.96. The summed E-state index contributed by atoms with van der Waals surface area (Å²) >= 11 is 3.82. The maximum atomic E-state index is 4.53. The number of thioether (sulfide) groups is 1. The van der Waals surface area contributed by atoms with Crippen LogP contribution in [0.1, 0.15) is 37.0 Å². The first kappa shape index (κ1) is 23.4. The van der Waals surface area contributed by atoms with Gasteiger partial charge in [0.05, 0.1) is 0 Å². The Hall–Kier alpha value is -1.72. The lowest BCUT2D eigenvalue weighted by Gasteiger charge is -2.39. The monoisotopic (exact) mass is 467 g/mol. The fourth-order valence-corrected chi connectivity index (χ4v) is 6.95. The zero-order valence-electron chi connectivity index (χ0n) is 20.2. The topological polar surface area (TPSA) is 9.72 Å². The second-order valence-electron chi connectivity index (χ2n) is 9.35. The minimum absolute atomic E-state index is 0.627. The van der Waals surface area contributed by atoms with Crippen molar-refractivity contribution in [2.45, 2.75) is 45.1 Å². The minimum atomic E-state index is 0.627. The van der Waals surface area contributed by atoms with Crippen molar-refractivity contribution in [3.05, 3.63) is 59.7 Å². The minimum Gasteiger partial charge on any atom is -0.368 e. The summed E-state index contributed by atoms with van der Waals surface area (Å²) in [6, 6.07) is 14.4. The third-order valence-electron chi connectivity index (χ3n) is 6.82. The molecule has 3 nitrogen and oxygen atoms in total. The quantitative estimate of drug-likeness (QED) is 0.344. The lowest BCUT2D eigenvalue weighted by atomic mass is 10.0. The molecule has 2 saturated heterocycles. The van der Waals surface area contributed by atoms with Crippen molar-refractivity contribution < 1.29 is 0 Å². The third kappa shape index (κ3) is 4.79. The molecule has 0 spiro atoms. The van der Waals surface area contributed by atoms with Gasteiger partial charge in [-0.3, -0.25) is 0 Å². The van der Waals surface area contributed by atoms with Gasteiger partial charge in [0.15, 0.2) is 0 Å². The van der Waals surface area contributed by atoms with Gasteiger partial charge in [-0.2, -0.15) is 0 Å². The molecule has 0 saturated carbocycles. The summed E-state index contributed by atoms with van der Waals surface area (Å²) < 4.78 is 2.54. The lowest BCUT2D eigenvalue weighted by Crippen LogP contribution is -2.45. The van der Waals surface area contributed by atoms with Crippen molar-refractivity contribution >= 4 is 40.8 Å². The second kappa shape index (κ2) is 10.0. The van der Waals surface area contributed by atoms with Crippen LogP contribution in [0.2, 0.25) is 0 Å². The van der Waals surface area contributed by atoms with Crippen LogP contribution >= 0.6 is 23.7 Å². The summed E-state index contributed by atoms with van der Waals surface area (Å²) in [5.41, 5.74) is 7.86. The highest BCUT2D eigenvalue weighted by Crippen LogP contribution is 2.40. The average molecular weight is 468 g/mol. The Kier molecular flexibility index (Phi) is 7.36. The van der Waals surface area contributed by atoms with E-state index in [0.29, 0.717) is 12.0 Å². The summed E-state index contributed by atoms with van der Waals surface area (Å²) in [5, 5.41) is 0. The molecule has 4 rings (SSSR count). The van der Waals surface area contributed by atoms with Crippen LogP contribution in [-0.2, 0) is 0 Å². The third-order valence-corrected chi connectivity index (χ3v) is 8.78. The Balaban J connectivity index is 1.46. The predicted octanol–water partition coefficient (Wildman–Crippen LogP) is 6.70. The Labute approximate surface area is 203 Å². The van der Waals surface area contributed by atoms with Gasteiger partial charge < -0.3 is 14.1 Å². The molecule has 32 heavy (non-hydrogen) atoms. The number of nitrogens with zero attached hydrogens (tertiary/aromatic N) is 3. The first-order valence-corrected chi connectivity index (χ1v) is 13.9. The first-order chi connectivity index (χ1) is 15.4. The van der Waals surface area contributed by atoms with E-state index in [2.05, 4.69) is 91.0 Å². The van der Waals surface area contributed by atoms with E-state index < -0.39 is 0 Å². The molecule has 2 aromatic rings. The van der Waals surface area contributed by atoms with Crippen LogP contribution < -0.4 is 9.21 Å². The highest BCUT2D eigenvalue weighted by atomic mass is 32.2. The van der Waals surface area contributed by atoms with Gasteiger partial charge in [0.2, 0.25) is 0 Å². The maximum absolute atomic E-state index is 4.53. The molecule has 0 radical (unpaired) electrons. The molecule has 172 valence electrons. The number of anilines is 2. The van der Waals surface area contributed by atoms with Crippen LogP contribution in [0.3, 0.4) is 0 Å². The van der Waals surface area contributed by atoms with Gasteiger partial charge in [-0.15, -0.1) is 11.8 Å². The van der Waals surface area contributed by atoms with Crippen LogP contribution in [0.4, 0.5) is 11.4 Å². The Bertz CT molecular complexity index is 963. The fraction of sp³-hybridized carbons (Fsp3) is 0.481. The van der Waals surface area contributed by atoms with Crippen LogP contribution in [-0.4, -0.2) is 49.1 Å². The van der Waals surface area contributed by atoms with Crippen LogP contribution in [0.25, 0.3) is 5.70 Å². The first-order valence-electron chi connectivity index (χ1n) is 11.8. The molecular weight excluding hydrogens is 430 g/mol. The van der Waals surface area contributed by atoms with Gasteiger partial charge in [0.25, 0.3) is 0 Å². The van der Waals surface area contributed by atoms with Crippen molar-refractivity contribution in [3.63, 3.8) is 0 Å². The summed E-state index contributed by atoms with van der Waals surface area (Å²) in [5.74, 6) is 1.89. The molecule has 0 amide bonds. The largest absolute Gasteiger partial charge is 0.368 e. The number of aryl methyl sites for hydroxylation is 2. The van der Waals surface area contributed by atoms with E-state index >= 15 is 0 Å². The molecule has 1 unspecified atom stereocenters. The number of piperazine rings is 1. The molecule has 1 atom stereocenters. The molecular formula is C27H37N3S2. The molecule has 2 fully saturated rings. The van der Waals surface area contributed by atoms with Crippen LogP contribution in [0.5, 0.6) is 0 Å². The van der Waals surface area contributed by atoms with E-state index in [-0.39, 0.29) is 0 Å². The molecule has 2 aliphatic rings. The van der Waals surface area contributed by atoms with E-state index in [0.717, 1.165) is 31.9 Å². The van der Waals surface area contributed by atoms with E-state index in [4.69, 9.17) is 0 Å². The maximum Gasteiger partial charge on any atom is 0.0484 e. The number of hydrogen-bond acceptors (Lipinski definition) is 5. The van der Waals surface area contributed by atoms with Crippen molar-refractivity contribution in [1.82, 2.24) is 4.90 Å². The molecule has 2 heterocycles. The smallest absolute Gasteiger partial charge is 0.0484 e. The summed E-state index contributed by atoms with van der Waals surface area (Å²) in [7, 11) is 0. The van der Waals surface area contributed by atoms with E-state index in [1.165, 1.54) is 45.1 Å². The summed E-state index contributed by atoms with van der Waals surface area (Å²) in [6.45, 7) is 17.7. The van der Waals surface area contributed by atoms with Crippen LogP contribution in [0, 0.1) is 19.8 Å². The standard InChI is InChI=1S/C27H37N3S2/c1-19(2)25-11-16-32-30(25)23-8-9-24(27(18-23)31-6)22(5)28-12-14-29(15-13-28)26-10-7-20(3)17-21(26)4/h7-10,17-19,25H,5,11-16H2,1-4,6H3. The highest BCUT2D eigenvalue weighted by Gasteiger charge is 2.29. The zero-order valence-corrected chi connectivity index (χ0v) is 21.9. The normalized spacial score (nSPS) is 19.2. The van der Waals surface area contributed by atoms with Gasteiger partial charge in [0, 0.05) is 65.5 Å². The Morgan fingerprint density at radius 2 is 1.81 bits per heavy atom. The summed E-state index contributed by atoms with van der Waals surface area (Å²) in [6.07, 6.45) is 3.46. The second-order valence-corrected chi connectivity index (χ2v) is 11.3. The van der Waals surface area contributed by atoms with Crippen molar-refractivity contribution in [3.8, 4) is 0 Å². The van der Waals surface area contributed by atoms with E-state index in [9.17, 15) is 0 Å². The van der Waals surface area contributed by atoms with Gasteiger partial charge in [-0.05, 0) is 74.2 Å². The summed E-state index contributed by atoms with van der Waals surface area (Å²) in [4.78, 5) is 6.32. The molecule has 5 heteroatoms. The number of benzene rings is 2. The van der Waals surface area contributed by atoms with Crippen molar-refractivity contribution in [2.24, 2.45) is 5.92 Å².